The Labute approximate surface area is 87.6 Å². The third-order valence-electron chi connectivity index (χ3n) is 2.23. The van der Waals surface area contributed by atoms with Gasteiger partial charge in [-0.05, 0) is 25.7 Å². The maximum Gasteiger partial charge on any atom is 0.239 e. The number of amides is 1. The summed E-state index contributed by atoms with van der Waals surface area (Å²) in [6.45, 7) is 9.83. The zero-order valence-electron chi connectivity index (χ0n) is 9.92. The van der Waals surface area contributed by atoms with Gasteiger partial charge in [-0.2, -0.15) is 0 Å². The minimum absolute atomic E-state index is 0.100. The van der Waals surface area contributed by atoms with Gasteiger partial charge in [0.1, 0.15) is 0 Å². The Balaban J connectivity index is 4.12. The first-order chi connectivity index (χ1) is 6.52. The second-order valence-corrected chi connectivity index (χ2v) is 4.15. The molecule has 0 aliphatic carbocycles. The van der Waals surface area contributed by atoms with Crippen molar-refractivity contribution in [1.82, 2.24) is 4.90 Å². The summed E-state index contributed by atoms with van der Waals surface area (Å²) >= 11 is 0. The molecular formula is C11H24N2O. The zero-order valence-corrected chi connectivity index (χ0v) is 9.92. The van der Waals surface area contributed by atoms with E-state index in [2.05, 4.69) is 20.8 Å². The van der Waals surface area contributed by atoms with Gasteiger partial charge in [-0.25, -0.2) is 0 Å². The van der Waals surface area contributed by atoms with E-state index in [-0.39, 0.29) is 11.9 Å². The number of carbonyl (C=O) groups excluding carboxylic acids is 1. The molecule has 0 bridgehead atoms. The highest BCUT2D eigenvalue weighted by Crippen LogP contribution is 2.06. The van der Waals surface area contributed by atoms with E-state index in [9.17, 15) is 4.79 Å². The van der Waals surface area contributed by atoms with Gasteiger partial charge in [-0.15, -0.1) is 0 Å². The van der Waals surface area contributed by atoms with E-state index in [0.717, 1.165) is 25.9 Å². The first-order valence-corrected chi connectivity index (χ1v) is 5.57. The summed E-state index contributed by atoms with van der Waals surface area (Å²) in [4.78, 5) is 13.6. The van der Waals surface area contributed by atoms with Crippen LogP contribution < -0.4 is 5.73 Å². The van der Waals surface area contributed by atoms with Gasteiger partial charge in [0.25, 0.3) is 0 Å². The Kier molecular flexibility index (Phi) is 6.54. The van der Waals surface area contributed by atoms with E-state index in [0.29, 0.717) is 5.92 Å². The van der Waals surface area contributed by atoms with Crippen LogP contribution in [0.1, 0.15) is 40.5 Å². The van der Waals surface area contributed by atoms with E-state index >= 15 is 0 Å². The lowest BCUT2D eigenvalue weighted by atomic mass is 10.0. The molecule has 0 aliphatic heterocycles. The SMILES string of the molecule is CCCN(CC)C(=O)C(N)CC(C)C. The number of rotatable bonds is 6. The Morgan fingerprint density at radius 1 is 1.36 bits per heavy atom. The van der Waals surface area contributed by atoms with Crippen molar-refractivity contribution in [2.24, 2.45) is 11.7 Å². The first kappa shape index (κ1) is 13.4. The summed E-state index contributed by atoms with van der Waals surface area (Å²) in [7, 11) is 0. The van der Waals surface area contributed by atoms with Gasteiger partial charge in [-0.1, -0.05) is 20.8 Å². The molecule has 0 spiro atoms. The van der Waals surface area contributed by atoms with Gasteiger partial charge < -0.3 is 10.6 Å². The maximum absolute atomic E-state index is 11.8. The second-order valence-electron chi connectivity index (χ2n) is 4.15. The lowest BCUT2D eigenvalue weighted by Crippen LogP contribution is -2.44. The van der Waals surface area contributed by atoms with Crippen LogP contribution in [-0.4, -0.2) is 29.9 Å². The molecule has 0 aromatic carbocycles. The monoisotopic (exact) mass is 200 g/mol. The minimum atomic E-state index is -0.318. The Hall–Kier alpha value is -0.570. The lowest BCUT2D eigenvalue weighted by Gasteiger charge is -2.24. The van der Waals surface area contributed by atoms with Crippen molar-refractivity contribution < 1.29 is 4.79 Å². The summed E-state index contributed by atoms with van der Waals surface area (Å²) in [6, 6.07) is -0.318. The number of nitrogens with zero attached hydrogens (tertiary/aromatic N) is 1. The van der Waals surface area contributed by atoms with Gasteiger partial charge in [-0.3, -0.25) is 4.79 Å². The normalized spacial score (nSPS) is 13.0. The molecule has 3 nitrogen and oxygen atoms in total. The molecule has 0 radical (unpaired) electrons. The molecule has 84 valence electrons. The van der Waals surface area contributed by atoms with E-state index in [4.69, 9.17) is 5.73 Å². The van der Waals surface area contributed by atoms with Crippen molar-refractivity contribution in [2.45, 2.75) is 46.6 Å². The largest absolute Gasteiger partial charge is 0.342 e. The highest BCUT2D eigenvalue weighted by atomic mass is 16.2. The number of hydrogen-bond donors (Lipinski definition) is 1. The molecule has 1 atom stereocenters. The van der Waals surface area contributed by atoms with Crippen LogP contribution in [0.15, 0.2) is 0 Å². The number of nitrogens with two attached hydrogens (primary N) is 1. The maximum atomic E-state index is 11.8. The number of hydrogen-bond acceptors (Lipinski definition) is 2. The third kappa shape index (κ3) is 4.61. The summed E-state index contributed by atoms with van der Waals surface area (Å²) in [5.74, 6) is 0.581. The molecule has 0 rings (SSSR count). The molecule has 0 saturated heterocycles. The highest BCUT2D eigenvalue weighted by molar-refractivity contribution is 5.81. The molecular weight excluding hydrogens is 176 g/mol. The van der Waals surface area contributed by atoms with Crippen LogP contribution >= 0.6 is 0 Å². The van der Waals surface area contributed by atoms with Crippen molar-refractivity contribution in [2.75, 3.05) is 13.1 Å². The standard InChI is InChI=1S/C11H24N2O/c1-5-7-13(6-2)11(14)10(12)8-9(3)4/h9-10H,5-8,12H2,1-4H3. The average Bonchev–Trinajstić information content (AvgIpc) is 2.12. The molecule has 14 heavy (non-hydrogen) atoms. The molecule has 2 N–H and O–H groups in total. The summed E-state index contributed by atoms with van der Waals surface area (Å²) in [5, 5.41) is 0. The van der Waals surface area contributed by atoms with Gasteiger partial charge in [0.2, 0.25) is 5.91 Å². The summed E-state index contributed by atoms with van der Waals surface area (Å²) in [6.07, 6.45) is 1.77. The van der Waals surface area contributed by atoms with E-state index in [1.165, 1.54) is 0 Å². The van der Waals surface area contributed by atoms with Gasteiger partial charge in [0.15, 0.2) is 0 Å². The van der Waals surface area contributed by atoms with Crippen LogP contribution in [0.2, 0.25) is 0 Å². The van der Waals surface area contributed by atoms with Gasteiger partial charge in [0.05, 0.1) is 6.04 Å². The van der Waals surface area contributed by atoms with Crippen molar-refractivity contribution >= 4 is 5.91 Å². The predicted molar refractivity (Wildman–Crippen MR) is 60.0 cm³/mol. The third-order valence-corrected chi connectivity index (χ3v) is 2.23. The van der Waals surface area contributed by atoms with E-state index in [1.54, 1.807) is 0 Å². The Morgan fingerprint density at radius 3 is 2.29 bits per heavy atom. The van der Waals surface area contributed by atoms with Gasteiger partial charge in [0, 0.05) is 13.1 Å². The van der Waals surface area contributed by atoms with Crippen molar-refractivity contribution in [3.8, 4) is 0 Å². The highest BCUT2D eigenvalue weighted by Gasteiger charge is 2.19. The molecule has 0 saturated carbocycles. The topological polar surface area (TPSA) is 46.3 Å². The van der Waals surface area contributed by atoms with Crippen LogP contribution in [0.25, 0.3) is 0 Å². The van der Waals surface area contributed by atoms with Crippen LogP contribution in [0.4, 0.5) is 0 Å². The number of carbonyl (C=O) groups is 1. The van der Waals surface area contributed by atoms with Gasteiger partial charge >= 0.3 is 0 Å². The van der Waals surface area contributed by atoms with Crippen molar-refractivity contribution in [3.63, 3.8) is 0 Å². The molecule has 0 aliphatic rings. The second kappa shape index (κ2) is 6.82. The molecule has 0 fully saturated rings. The fourth-order valence-corrected chi connectivity index (χ4v) is 1.54. The molecule has 1 unspecified atom stereocenters. The predicted octanol–water partition coefficient (Wildman–Crippen LogP) is 1.62. The van der Waals surface area contributed by atoms with Crippen LogP contribution in [-0.2, 0) is 4.79 Å². The fourth-order valence-electron chi connectivity index (χ4n) is 1.54. The molecule has 0 heterocycles. The van der Waals surface area contributed by atoms with E-state index in [1.807, 2.05) is 11.8 Å². The summed E-state index contributed by atoms with van der Waals surface area (Å²) < 4.78 is 0. The van der Waals surface area contributed by atoms with Crippen molar-refractivity contribution in [1.29, 1.82) is 0 Å². The van der Waals surface area contributed by atoms with Crippen LogP contribution in [0.3, 0.4) is 0 Å². The molecule has 0 aromatic rings. The summed E-state index contributed by atoms with van der Waals surface area (Å²) in [5.41, 5.74) is 5.83. The molecule has 0 aromatic heterocycles. The Bertz CT molecular complexity index is 169. The zero-order chi connectivity index (χ0) is 11.1. The quantitative estimate of drug-likeness (QED) is 0.708. The van der Waals surface area contributed by atoms with Crippen molar-refractivity contribution in [3.05, 3.63) is 0 Å². The lowest BCUT2D eigenvalue weighted by molar-refractivity contribution is -0.132. The Morgan fingerprint density at radius 2 is 1.93 bits per heavy atom. The first-order valence-electron chi connectivity index (χ1n) is 5.57. The van der Waals surface area contributed by atoms with E-state index < -0.39 is 0 Å². The smallest absolute Gasteiger partial charge is 0.239 e. The molecule has 3 heteroatoms. The molecule has 1 amide bonds. The minimum Gasteiger partial charge on any atom is -0.342 e. The average molecular weight is 200 g/mol. The van der Waals surface area contributed by atoms with Crippen LogP contribution in [0.5, 0.6) is 0 Å². The van der Waals surface area contributed by atoms with Crippen LogP contribution in [0, 0.1) is 5.92 Å². The fraction of sp³-hybridized carbons (Fsp3) is 0.909. The number of likely N-dealkylation sites (N-methyl/N-ethyl adjacent to an activating group) is 1.